The lowest BCUT2D eigenvalue weighted by Crippen LogP contribution is -1.95. The minimum atomic E-state index is 0.00402. The zero-order valence-corrected chi connectivity index (χ0v) is 14.9. The standard InChI is InChI=1S/C21H16N4O2/c1-26-19-9-8-16(11-20(19)27-2)21-17(10-15(12-22)13-23)14-25(24-21)18-6-4-3-5-7-18/h3-11,14H,1-2H3. The third-order valence-electron chi connectivity index (χ3n) is 3.96. The first-order chi connectivity index (χ1) is 13.2. The zero-order valence-electron chi connectivity index (χ0n) is 14.9. The van der Waals surface area contributed by atoms with E-state index in [-0.39, 0.29) is 5.57 Å². The minimum Gasteiger partial charge on any atom is -0.493 e. The van der Waals surface area contributed by atoms with Crippen LogP contribution < -0.4 is 9.47 Å². The van der Waals surface area contributed by atoms with Gasteiger partial charge in [-0.25, -0.2) is 4.68 Å². The summed E-state index contributed by atoms with van der Waals surface area (Å²) in [4.78, 5) is 0. The molecule has 0 saturated carbocycles. The molecule has 3 aromatic rings. The minimum absolute atomic E-state index is 0.00402. The van der Waals surface area contributed by atoms with Gasteiger partial charge in [0, 0.05) is 17.3 Å². The van der Waals surface area contributed by atoms with E-state index in [0.717, 1.165) is 11.3 Å². The molecule has 6 heteroatoms. The third kappa shape index (κ3) is 3.65. The van der Waals surface area contributed by atoms with E-state index >= 15 is 0 Å². The second kappa shape index (κ2) is 7.90. The van der Waals surface area contributed by atoms with Crippen molar-refractivity contribution in [3.8, 4) is 40.6 Å². The molecule has 0 saturated heterocycles. The molecule has 0 atom stereocenters. The second-order valence-electron chi connectivity index (χ2n) is 5.56. The van der Waals surface area contributed by atoms with Gasteiger partial charge in [-0.05, 0) is 36.4 Å². The summed E-state index contributed by atoms with van der Waals surface area (Å²) in [6, 6.07) is 18.8. The van der Waals surface area contributed by atoms with Crippen molar-refractivity contribution < 1.29 is 9.47 Å². The van der Waals surface area contributed by atoms with E-state index in [9.17, 15) is 0 Å². The smallest absolute Gasteiger partial charge is 0.161 e. The largest absolute Gasteiger partial charge is 0.493 e. The first-order valence-corrected chi connectivity index (χ1v) is 8.09. The van der Waals surface area contributed by atoms with E-state index in [1.807, 2.05) is 54.6 Å². The van der Waals surface area contributed by atoms with E-state index in [2.05, 4.69) is 5.10 Å². The maximum atomic E-state index is 9.12. The van der Waals surface area contributed by atoms with Crippen molar-refractivity contribution >= 4 is 6.08 Å². The molecule has 0 spiro atoms. The van der Waals surface area contributed by atoms with E-state index in [1.54, 1.807) is 31.2 Å². The predicted octanol–water partition coefficient (Wildman–Crippen LogP) is 3.99. The van der Waals surface area contributed by atoms with Crippen molar-refractivity contribution in [2.24, 2.45) is 0 Å². The van der Waals surface area contributed by atoms with Crippen LogP contribution in [0, 0.1) is 22.7 Å². The topological polar surface area (TPSA) is 83.9 Å². The highest BCUT2D eigenvalue weighted by Gasteiger charge is 2.14. The first-order valence-electron chi connectivity index (χ1n) is 8.09. The van der Waals surface area contributed by atoms with Gasteiger partial charge in [-0.3, -0.25) is 0 Å². The Hall–Kier alpha value is -4.03. The normalized spacial score (nSPS) is 9.78. The Labute approximate surface area is 157 Å². The van der Waals surface area contributed by atoms with E-state index in [1.165, 1.54) is 6.08 Å². The molecule has 0 aliphatic carbocycles. The van der Waals surface area contributed by atoms with Crippen molar-refractivity contribution in [1.82, 2.24) is 9.78 Å². The van der Waals surface area contributed by atoms with Gasteiger partial charge in [-0.2, -0.15) is 15.6 Å². The summed E-state index contributed by atoms with van der Waals surface area (Å²) in [5.74, 6) is 1.18. The quantitative estimate of drug-likeness (QED) is 0.646. The van der Waals surface area contributed by atoms with Gasteiger partial charge in [0.05, 0.1) is 19.9 Å². The van der Waals surface area contributed by atoms with Gasteiger partial charge in [0.25, 0.3) is 0 Å². The van der Waals surface area contributed by atoms with Gasteiger partial charge >= 0.3 is 0 Å². The number of nitriles is 2. The fraction of sp³-hybridized carbons (Fsp3) is 0.0952. The van der Waals surface area contributed by atoms with E-state index in [0.29, 0.717) is 22.8 Å². The summed E-state index contributed by atoms with van der Waals surface area (Å²) < 4.78 is 12.4. The van der Waals surface area contributed by atoms with Crippen LogP contribution >= 0.6 is 0 Å². The van der Waals surface area contributed by atoms with Crippen molar-refractivity contribution in [3.05, 3.63) is 65.9 Å². The van der Waals surface area contributed by atoms with Crippen molar-refractivity contribution in [2.45, 2.75) is 0 Å². The number of hydrogen-bond acceptors (Lipinski definition) is 5. The van der Waals surface area contributed by atoms with Crippen LogP contribution in [0.5, 0.6) is 11.5 Å². The highest BCUT2D eigenvalue weighted by molar-refractivity contribution is 5.76. The monoisotopic (exact) mass is 356 g/mol. The number of benzene rings is 2. The average molecular weight is 356 g/mol. The van der Waals surface area contributed by atoms with Gasteiger partial charge in [-0.1, -0.05) is 18.2 Å². The van der Waals surface area contributed by atoms with Crippen LogP contribution in [0.15, 0.2) is 60.3 Å². The molecule has 0 radical (unpaired) electrons. The highest BCUT2D eigenvalue weighted by atomic mass is 16.5. The van der Waals surface area contributed by atoms with Crippen LogP contribution in [0.25, 0.3) is 23.0 Å². The van der Waals surface area contributed by atoms with E-state index in [4.69, 9.17) is 20.0 Å². The van der Waals surface area contributed by atoms with Gasteiger partial charge in [0.15, 0.2) is 11.5 Å². The fourth-order valence-corrected chi connectivity index (χ4v) is 2.66. The Bertz CT molecular complexity index is 1050. The van der Waals surface area contributed by atoms with Gasteiger partial charge in [-0.15, -0.1) is 0 Å². The molecule has 1 aromatic heterocycles. The summed E-state index contributed by atoms with van der Waals surface area (Å²) in [5, 5.41) is 22.9. The molecule has 0 bridgehead atoms. The van der Waals surface area contributed by atoms with Crippen molar-refractivity contribution in [3.63, 3.8) is 0 Å². The first kappa shape index (κ1) is 17.8. The molecule has 0 unspecified atom stereocenters. The summed E-state index contributed by atoms with van der Waals surface area (Å²) >= 11 is 0. The SMILES string of the molecule is COc1ccc(-c2nn(-c3ccccc3)cc2C=C(C#N)C#N)cc1OC. The Kier molecular flexibility index (Phi) is 5.20. The highest BCUT2D eigenvalue weighted by Crippen LogP contribution is 2.34. The molecule has 6 nitrogen and oxygen atoms in total. The Morgan fingerprint density at radius 1 is 1.00 bits per heavy atom. The maximum absolute atomic E-state index is 9.12. The number of allylic oxidation sites excluding steroid dienone is 1. The number of rotatable bonds is 5. The fourth-order valence-electron chi connectivity index (χ4n) is 2.66. The molecular weight excluding hydrogens is 340 g/mol. The Morgan fingerprint density at radius 2 is 1.70 bits per heavy atom. The third-order valence-corrected chi connectivity index (χ3v) is 3.96. The van der Waals surface area contributed by atoms with Crippen molar-refractivity contribution in [2.75, 3.05) is 14.2 Å². The van der Waals surface area contributed by atoms with Gasteiger partial charge in [0.2, 0.25) is 0 Å². The number of para-hydroxylation sites is 1. The lowest BCUT2D eigenvalue weighted by Gasteiger charge is -2.09. The maximum Gasteiger partial charge on any atom is 0.161 e. The lowest BCUT2D eigenvalue weighted by molar-refractivity contribution is 0.355. The second-order valence-corrected chi connectivity index (χ2v) is 5.56. The van der Waals surface area contributed by atoms with Crippen LogP contribution in [0.3, 0.4) is 0 Å². The van der Waals surface area contributed by atoms with Crippen LogP contribution in [0.4, 0.5) is 0 Å². The number of aromatic nitrogens is 2. The molecule has 27 heavy (non-hydrogen) atoms. The molecule has 3 rings (SSSR count). The Morgan fingerprint density at radius 3 is 2.33 bits per heavy atom. The molecule has 0 aliphatic heterocycles. The molecule has 2 aromatic carbocycles. The molecule has 132 valence electrons. The summed E-state index contributed by atoms with van der Waals surface area (Å²) in [7, 11) is 3.14. The molecule has 0 N–H and O–H groups in total. The Balaban J connectivity index is 2.19. The number of ether oxygens (including phenoxy) is 2. The average Bonchev–Trinajstić information content (AvgIpc) is 3.15. The summed E-state index contributed by atoms with van der Waals surface area (Å²) in [6.45, 7) is 0. The summed E-state index contributed by atoms with van der Waals surface area (Å²) in [6.07, 6.45) is 3.31. The van der Waals surface area contributed by atoms with Gasteiger partial charge < -0.3 is 9.47 Å². The number of hydrogen-bond donors (Lipinski definition) is 0. The molecule has 0 amide bonds. The molecule has 0 fully saturated rings. The predicted molar refractivity (Wildman–Crippen MR) is 101 cm³/mol. The number of methoxy groups -OCH3 is 2. The van der Waals surface area contributed by atoms with Crippen LogP contribution in [-0.4, -0.2) is 24.0 Å². The van der Waals surface area contributed by atoms with Crippen LogP contribution in [-0.2, 0) is 0 Å². The summed E-state index contributed by atoms with van der Waals surface area (Å²) in [5.41, 5.74) is 2.94. The lowest BCUT2D eigenvalue weighted by atomic mass is 10.1. The number of nitrogens with zero attached hydrogens (tertiary/aromatic N) is 4. The van der Waals surface area contributed by atoms with Gasteiger partial charge in [0.1, 0.15) is 23.4 Å². The van der Waals surface area contributed by atoms with Crippen LogP contribution in [0.1, 0.15) is 5.56 Å². The molecule has 0 aliphatic rings. The van der Waals surface area contributed by atoms with E-state index < -0.39 is 0 Å². The molecular formula is C21H16N4O2. The van der Waals surface area contributed by atoms with Crippen LogP contribution in [0.2, 0.25) is 0 Å². The van der Waals surface area contributed by atoms with Crippen molar-refractivity contribution in [1.29, 1.82) is 10.5 Å². The molecule has 1 heterocycles. The zero-order chi connectivity index (χ0) is 19.2.